The molecule has 0 aromatic heterocycles. The molecule has 5 rings (SSSR count). The topological polar surface area (TPSA) is 91.7 Å². The summed E-state index contributed by atoms with van der Waals surface area (Å²) in [6.07, 6.45) is 0.688. The van der Waals surface area contributed by atoms with E-state index < -0.39 is 6.04 Å². The highest BCUT2D eigenvalue weighted by Crippen LogP contribution is 2.29. The first-order valence-corrected chi connectivity index (χ1v) is 8.83. The van der Waals surface area contributed by atoms with Gasteiger partial charge in [0.15, 0.2) is 0 Å². The fraction of sp³-hybridized carbons (Fsp3) is 0.500. The Morgan fingerprint density at radius 2 is 1.92 bits per heavy atom. The zero-order valence-electron chi connectivity index (χ0n) is 13.8. The monoisotopic (exact) mass is 340 g/mol. The van der Waals surface area contributed by atoms with Gasteiger partial charge in [-0.3, -0.25) is 24.6 Å². The Morgan fingerprint density at radius 1 is 1.12 bits per heavy atom. The molecule has 0 radical (unpaired) electrons. The maximum Gasteiger partial charge on any atom is 0.255 e. The van der Waals surface area contributed by atoms with E-state index in [1.54, 1.807) is 4.90 Å². The fourth-order valence-electron chi connectivity index (χ4n) is 4.32. The summed E-state index contributed by atoms with van der Waals surface area (Å²) in [5, 5.41) is 5.76. The first kappa shape index (κ1) is 15.0. The molecule has 7 nitrogen and oxygen atoms in total. The summed E-state index contributed by atoms with van der Waals surface area (Å²) in [6.45, 7) is 3.52. The lowest BCUT2D eigenvalue weighted by atomic mass is 10.0. The van der Waals surface area contributed by atoms with Crippen LogP contribution in [0.25, 0.3) is 0 Å². The number of fused-ring (bicyclic) bond motifs is 2. The van der Waals surface area contributed by atoms with Crippen LogP contribution in [-0.2, 0) is 22.7 Å². The predicted molar refractivity (Wildman–Crippen MR) is 88.5 cm³/mol. The van der Waals surface area contributed by atoms with Crippen molar-refractivity contribution >= 4 is 17.7 Å². The van der Waals surface area contributed by atoms with E-state index >= 15 is 0 Å². The molecule has 130 valence electrons. The van der Waals surface area contributed by atoms with Crippen molar-refractivity contribution in [1.29, 1.82) is 0 Å². The molecule has 1 unspecified atom stereocenters. The summed E-state index contributed by atoms with van der Waals surface area (Å²) in [5.41, 5.74) is 2.87. The molecule has 3 amide bonds. The lowest BCUT2D eigenvalue weighted by Crippen LogP contribution is -2.52. The van der Waals surface area contributed by atoms with Crippen LogP contribution in [0, 0.1) is 0 Å². The molecule has 7 heteroatoms. The molecule has 3 saturated heterocycles. The molecule has 4 heterocycles. The van der Waals surface area contributed by atoms with Crippen molar-refractivity contribution in [1.82, 2.24) is 20.4 Å². The quantitative estimate of drug-likeness (QED) is 0.577. The van der Waals surface area contributed by atoms with Crippen LogP contribution >= 0.6 is 0 Å². The first-order chi connectivity index (χ1) is 12.1. The zero-order valence-corrected chi connectivity index (χ0v) is 13.8. The molecule has 3 fully saturated rings. The third kappa shape index (κ3) is 2.54. The van der Waals surface area contributed by atoms with Crippen LogP contribution in [0.2, 0.25) is 0 Å². The second kappa shape index (κ2) is 5.37. The zero-order chi connectivity index (χ0) is 17.1. The lowest BCUT2D eigenvalue weighted by Gasteiger charge is -2.29. The number of hydrogen-bond acceptors (Lipinski definition) is 5. The molecule has 2 N–H and O–H groups in total. The van der Waals surface area contributed by atoms with Gasteiger partial charge in [-0.05, 0) is 23.6 Å². The molecule has 1 aromatic rings. The van der Waals surface area contributed by atoms with Crippen LogP contribution in [-0.4, -0.2) is 58.7 Å². The Labute approximate surface area is 145 Å². The van der Waals surface area contributed by atoms with Gasteiger partial charge in [-0.1, -0.05) is 12.1 Å². The van der Waals surface area contributed by atoms with Gasteiger partial charge in [0.1, 0.15) is 6.04 Å². The van der Waals surface area contributed by atoms with Gasteiger partial charge in [0.25, 0.3) is 5.91 Å². The van der Waals surface area contributed by atoms with Gasteiger partial charge < -0.3 is 10.2 Å². The maximum absolute atomic E-state index is 12.7. The molecule has 4 aliphatic rings. The average molecular weight is 340 g/mol. The Bertz CT molecular complexity index is 783. The number of hydrogen-bond donors (Lipinski definition) is 2. The van der Waals surface area contributed by atoms with E-state index in [-0.39, 0.29) is 24.1 Å². The minimum atomic E-state index is -0.544. The van der Waals surface area contributed by atoms with E-state index in [9.17, 15) is 14.4 Å². The number of imide groups is 1. The number of carbonyl (C=O) groups is 3. The highest BCUT2D eigenvalue weighted by molar-refractivity contribution is 6.05. The van der Waals surface area contributed by atoms with Gasteiger partial charge in [-0.15, -0.1) is 0 Å². The maximum atomic E-state index is 12.7. The molecule has 25 heavy (non-hydrogen) atoms. The van der Waals surface area contributed by atoms with Crippen molar-refractivity contribution in [3.8, 4) is 0 Å². The highest BCUT2D eigenvalue weighted by Gasteiger charge is 2.44. The van der Waals surface area contributed by atoms with E-state index in [1.807, 2.05) is 12.1 Å². The number of carbonyl (C=O) groups excluding carboxylic acids is 3. The Morgan fingerprint density at radius 3 is 2.68 bits per heavy atom. The molecule has 1 aromatic carbocycles. The minimum Gasteiger partial charge on any atom is -0.322 e. The summed E-state index contributed by atoms with van der Waals surface area (Å²) < 4.78 is 0. The normalized spacial score (nSPS) is 31.1. The summed E-state index contributed by atoms with van der Waals surface area (Å²) in [5.74, 6) is -0.727. The van der Waals surface area contributed by atoms with E-state index in [1.165, 1.54) is 5.56 Å². The van der Waals surface area contributed by atoms with E-state index in [0.717, 1.165) is 25.2 Å². The highest BCUT2D eigenvalue weighted by atomic mass is 16.2. The van der Waals surface area contributed by atoms with Crippen LogP contribution in [0.5, 0.6) is 0 Å². The second-order valence-corrected chi connectivity index (χ2v) is 7.47. The molecular formula is C18H20N4O3. The molecule has 0 spiro atoms. The van der Waals surface area contributed by atoms with Gasteiger partial charge in [-0.25, -0.2) is 0 Å². The third-order valence-corrected chi connectivity index (χ3v) is 5.71. The van der Waals surface area contributed by atoms with Gasteiger partial charge >= 0.3 is 0 Å². The average Bonchev–Trinajstić information content (AvgIpc) is 3.05. The first-order valence-electron chi connectivity index (χ1n) is 8.83. The Hall–Kier alpha value is -2.25. The molecular weight excluding hydrogens is 320 g/mol. The van der Waals surface area contributed by atoms with Gasteiger partial charge in [0.2, 0.25) is 11.8 Å². The number of piperidine rings is 1. The Kier molecular flexibility index (Phi) is 3.23. The van der Waals surface area contributed by atoms with Crippen LogP contribution in [0.15, 0.2) is 18.2 Å². The summed E-state index contributed by atoms with van der Waals surface area (Å²) in [6, 6.07) is 6.78. The van der Waals surface area contributed by atoms with Gasteiger partial charge in [0.05, 0.1) is 0 Å². The van der Waals surface area contributed by atoms with Crippen LogP contribution in [0.1, 0.15) is 34.3 Å². The van der Waals surface area contributed by atoms with Crippen molar-refractivity contribution in [3.05, 3.63) is 34.9 Å². The molecule has 3 atom stereocenters. The summed E-state index contributed by atoms with van der Waals surface area (Å²) in [4.78, 5) is 40.1. The van der Waals surface area contributed by atoms with Crippen molar-refractivity contribution in [2.24, 2.45) is 0 Å². The minimum absolute atomic E-state index is 0.109. The van der Waals surface area contributed by atoms with Crippen LogP contribution in [0.3, 0.4) is 0 Å². The molecule has 0 saturated carbocycles. The molecule has 0 aliphatic carbocycles. The van der Waals surface area contributed by atoms with Gasteiger partial charge in [-0.2, -0.15) is 0 Å². The largest absolute Gasteiger partial charge is 0.322 e. The number of benzene rings is 1. The number of amides is 3. The number of likely N-dealkylation sites (tertiary alicyclic amines) is 1. The van der Waals surface area contributed by atoms with E-state index in [4.69, 9.17) is 0 Å². The van der Waals surface area contributed by atoms with E-state index in [2.05, 4.69) is 21.6 Å². The number of piperazine rings is 1. The predicted octanol–water partition coefficient (Wildman–Crippen LogP) is -0.396. The lowest BCUT2D eigenvalue weighted by molar-refractivity contribution is -0.136. The van der Waals surface area contributed by atoms with Crippen molar-refractivity contribution in [3.63, 3.8) is 0 Å². The van der Waals surface area contributed by atoms with E-state index in [0.29, 0.717) is 30.6 Å². The smallest absolute Gasteiger partial charge is 0.255 e. The van der Waals surface area contributed by atoms with Crippen LogP contribution in [0.4, 0.5) is 0 Å². The van der Waals surface area contributed by atoms with Crippen molar-refractivity contribution < 1.29 is 14.4 Å². The van der Waals surface area contributed by atoms with Crippen LogP contribution < -0.4 is 10.6 Å². The SMILES string of the molecule is O=C1CCC(N2Cc3cc(CN4C[C@@H]5N[C@@H]5C4)ccc3C2=O)C(=O)N1. The number of nitrogens with zero attached hydrogens (tertiary/aromatic N) is 2. The van der Waals surface area contributed by atoms with Crippen molar-refractivity contribution in [2.75, 3.05) is 13.1 Å². The summed E-state index contributed by atoms with van der Waals surface area (Å²) in [7, 11) is 0. The third-order valence-electron chi connectivity index (χ3n) is 5.71. The van der Waals surface area contributed by atoms with Crippen molar-refractivity contribution in [2.45, 2.75) is 44.1 Å². The summed E-state index contributed by atoms with van der Waals surface area (Å²) >= 11 is 0. The van der Waals surface area contributed by atoms with Gasteiger partial charge in [0, 0.05) is 50.2 Å². The number of rotatable bonds is 3. The molecule has 0 bridgehead atoms. The fourth-order valence-corrected chi connectivity index (χ4v) is 4.32. The Balaban J connectivity index is 1.32. The second-order valence-electron chi connectivity index (χ2n) is 7.47. The standard InChI is InChI=1S/C18H20N4O3/c23-16-4-3-15(17(24)20-16)22-7-11-5-10(1-2-12(11)18(22)25)6-21-8-13-14(9-21)19-13/h1-2,5,13-15,19H,3-4,6-9H2,(H,20,23,24)/t13-,14+,15?. The molecule has 4 aliphatic heterocycles. The number of nitrogens with one attached hydrogen (secondary N) is 2.